The summed E-state index contributed by atoms with van der Waals surface area (Å²) in [5.41, 5.74) is 0. The quantitative estimate of drug-likeness (QED) is 0.595. The van der Waals surface area contributed by atoms with Crippen LogP contribution in [-0.4, -0.2) is 51.0 Å². The molecular formula is C5H9As3O3. The first-order chi connectivity index (χ1) is 5.23. The Kier molecular flexibility index (Phi) is 1.82. The number of hydrogen-bond donors (Lipinski definition) is 0. The topological polar surface area (TPSA) is 27.7 Å². The van der Waals surface area contributed by atoms with Crippen molar-refractivity contribution in [2.45, 2.75) is 24.9 Å². The van der Waals surface area contributed by atoms with E-state index in [0.29, 0.717) is 0 Å². The molecule has 0 aromatic rings. The molecule has 0 amide bonds. The Morgan fingerprint density at radius 3 is 1.55 bits per heavy atom. The zero-order valence-corrected chi connectivity index (χ0v) is 11.8. The van der Waals surface area contributed by atoms with Gasteiger partial charge in [0.1, 0.15) is 0 Å². The normalized spacial score (nSPS) is 60.3. The second kappa shape index (κ2) is 2.53. The van der Waals surface area contributed by atoms with Gasteiger partial charge < -0.3 is 0 Å². The molecule has 0 saturated carbocycles. The van der Waals surface area contributed by atoms with E-state index in [2.05, 4.69) is 0 Å². The van der Waals surface area contributed by atoms with Gasteiger partial charge in [0.05, 0.1) is 0 Å². The maximum atomic E-state index is 5.78. The van der Waals surface area contributed by atoms with Crippen molar-refractivity contribution in [3.8, 4) is 0 Å². The maximum absolute atomic E-state index is 5.78. The van der Waals surface area contributed by atoms with Gasteiger partial charge in [-0.05, 0) is 0 Å². The molecule has 6 heteroatoms. The SMILES string of the molecule is CC12O[As]3C[As](C[As](C3)O1)O2. The summed E-state index contributed by atoms with van der Waals surface area (Å²) in [5.74, 6) is -0.505. The number of rotatable bonds is 0. The summed E-state index contributed by atoms with van der Waals surface area (Å²) in [6.45, 7) is 1.98. The van der Waals surface area contributed by atoms with E-state index in [-0.39, 0.29) is 0 Å². The predicted molar refractivity (Wildman–Crippen MR) is 43.3 cm³/mol. The standard InChI is InChI=1S/C5H9As3O3/c1-5-9-6-2-7(10-5)4-8(3-6)11-5/h2-4H2,1H3. The molecule has 0 atom stereocenters. The predicted octanol–water partition coefficient (Wildman–Crippen LogP) is 0.343. The Bertz CT molecular complexity index is 162. The van der Waals surface area contributed by atoms with Crippen molar-refractivity contribution in [3.05, 3.63) is 0 Å². The van der Waals surface area contributed by atoms with Gasteiger partial charge in [-0.2, -0.15) is 0 Å². The second-order valence-electron chi connectivity index (χ2n) is 3.01. The van der Waals surface area contributed by atoms with Gasteiger partial charge >= 0.3 is 81.0 Å². The Labute approximate surface area is 80.6 Å². The first kappa shape index (κ1) is 7.91. The van der Waals surface area contributed by atoms with Crippen LogP contribution < -0.4 is 0 Å². The zero-order chi connectivity index (χ0) is 7.47. The average Bonchev–Trinajstić information content (AvgIpc) is 1.79. The van der Waals surface area contributed by atoms with Gasteiger partial charge in [-0.1, -0.05) is 0 Å². The average molecular weight is 342 g/mol. The van der Waals surface area contributed by atoms with Crippen LogP contribution in [0.25, 0.3) is 0 Å². The molecule has 4 fully saturated rings. The van der Waals surface area contributed by atoms with Crippen LogP contribution in [0, 0.1) is 0 Å². The van der Waals surface area contributed by atoms with Crippen LogP contribution >= 0.6 is 0 Å². The van der Waals surface area contributed by atoms with Gasteiger partial charge in [-0.15, -0.1) is 0 Å². The molecule has 4 aliphatic heterocycles. The number of hydrogen-bond acceptors (Lipinski definition) is 3. The summed E-state index contributed by atoms with van der Waals surface area (Å²) in [5, 5.41) is 0. The summed E-state index contributed by atoms with van der Waals surface area (Å²) in [4.78, 5) is 0. The Morgan fingerprint density at radius 1 is 0.909 bits per heavy atom. The van der Waals surface area contributed by atoms with Crippen LogP contribution in [0.3, 0.4) is 0 Å². The molecule has 3 nitrogen and oxygen atoms in total. The minimum absolute atomic E-state index is 0.505. The fourth-order valence-electron chi connectivity index (χ4n) is 1.59. The van der Waals surface area contributed by atoms with E-state index in [1.54, 1.807) is 0 Å². The van der Waals surface area contributed by atoms with Crippen molar-refractivity contribution < 1.29 is 11.2 Å². The molecular weight excluding hydrogens is 333 g/mol. The van der Waals surface area contributed by atoms with Crippen LogP contribution in [0.2, 0.25) is 12.0 Å². The molecule has 0 aromatic carbocycles. The third-order valence-corrected chi connectivity index (χ3v) is 30.2. The second-order valence-corrected chi connectivity index (χ2v) is 21.3. The Balaban J connectivity index is 1.94. The fourth-order valence-corrected chi connectivity index (χ4v) is 42.8. The summed E-state index contributed by atoms with van der Waals surface area (Å²) in [7, 11) is 0. The van der Waals surface area contributed by atoms with E-state index in [1.165, 1.54) is 12.0 Å². The van der Waals surface area contributed by atoms with Crippen LogP contribution in [0.1, 0.15) is 6.92 Å². The minimum atomic E-state index is -0.837. The molecule has 0 unspecified atom stereocenters. The van der Waals surface area contributed by atoms with Crippen molar-refractivity contribution in [3.63, 3.8) is 0 Å². The summed E-state index contributed by atoms with van der Waals surface area (Å²) >= 11 is -2.51. The van der Waals surface area contributed by atoms with Gasteiger partial charge in [-0.3, -0.25) is 0 Å². The fraction of sp³-hybridized carbons (Fsp3) is 1.00. The first-order valence-corrected chi connectivity index (χ1v) is 13.8. The molecule has 62 valence electrons. The monoisotopic (exact) mass is 342 g/mol. The summed E-state index contributed by atoms with van der Waals surface area (Å²) in [6.07, 6.45) is 0. The third-order valence-electron chi connectivity index (χ3n) is 1.83. The molecule has 4 rings (SSSR count). The van der Waals surface area contributed by atoms with Crippen LogP contribution in [0.15, 0.2) is 0 Å². The van der Waals surface area contributed by atoms with Gasteiger partial charge in [0.25, 0.3) is 0 Å². The van der Waals surface area contributed by atoms with E-state index >= 15 is 0 Å². The van der Waals surface area contributed by atoms with Gasteiger partial charge in [0.2, 0.25) is 0 Å². The molecule has 0 spiro atoms. The van der Waals surface area contributed by atoms with E-state index in [0.717, 1.165) is 0 Å². The molecule has 0 N–H and O–H groups in total. The Morgan fingerprint density at radius 2 is 1.27 bits per heavy atom. The third kappa shape index (κ3) is 1.29. The Hall–Kier alpha value is 1.56. The van der Waals surface area contributed by atoms with Gasteiger partial charge in [-0.25, -0.2) is 0 Å². The molecule has 0 aromatic heterocycles. The van der Waals surface area contributed by atoms with Gasteiger partial charge in [0, 0.05) is 0 Å². The summed E-state index contributed by atoms with van der Waals surface area (Å²) < 4.78 is 21.5. The molecule has 4 saturated heterocycles. The van der Waals surface area contributed by atoms with Crippen molar-refractivity contribution >= 4 is 45.0 Å². The van der Waals surface area contributed by atoms with E-state index in [9.17, 15) is 0 Å². The molecule has 0 aliphatic carbocycles. The van der Waals surface area contributed by atoms with E-state index < -0.39 is 51.0 Å². The van der Waals surface area contributed by atoms with Crippen molar-refractivity contribution in [1.82, 2.24) is 0 Å². The van der Waals surface area contributed by atoms with Crippen molar-refractivity contribution in [1.29, 1.82) is 0 Å². The zero-order valence-electron chi connectivity index (χ0n) is 6.19. The molecule has 0 radical (unpaired) electrons. The van der Waals surface area contributed by atoms with Gasteiger partial charge in [0.15, 0.2) is 0 Å². The van der Waals surface area contributed by atoms with Crippen LogP contribution in [0.4, 0.5) is 0 Å². The molecule has 4 heterocycles. The van der Waals surface area contributed by atoms with Crippen LogP contribution in [-0.2, 0) is 11.2 Å². The first-order valence-electron chi connectivity index (χ1n) is 3.56. The van der Waals surface area contributed by atoms with Crippen molar-refractivity contribution in [2.75, 3.05) is 0 Å². The molecule has 4 aliphatic rings. The summed E-state index contributed by atoms with van der Waals surface area (Å²) in [6, 6.07) is 0. The van der Waals surface area contributed by atoms with E-state index in [1.807, 2.05) is 6.92 Å². The van der Waals surface area contributed by atoms with Crippen molar-refractivity contribution in [2.24, 2.45) is 0 Å². The molecule has 4 bridgehead atoms. The van der Waals surface area contributed by atoms with Crippen LogP contribution in [0.5, 0.6) is 0 Å². The molecule has 11 heavy (non-hydrogen) atoms. The van der Waals surface area contributed by atoms with E-state index in [4.69, 9.17) is 11.2 Å².